The third kappa shape index (κ3) is 8.38. The molecule has 0 saturated carbocycles. The van der Waals surface area contributed by atoms with Crippen molar-refractivity contribution in [2.45, 2.75) is 52.6 Å². The number of hydrogen-bond acceptors (Lipinski definition) is 4. The number of amides is 2. The molecule has 0 saturated heterocycles. The van der Waals surface area contributed by atoms with E-state index in [4.69, 9.17) is 9.47 Å². The lowest BCUT2D eigenvalue weighted by Crippen LogP contribution is -2.51. The summed E-state index contributed by atoms with van der Waals surface area (Å²) in [5, 5.41) is 3.04. The van der Waals surface area contributed by atoms with Crippen LogP contribution in [0.1, 0.15) is 42.0 Å². The topological polar surface area (TPSA) is 67.9 Å². The third-order valence-electron chi connectivity index (χ3n) is 6.28. The monoisotopic (exact) mass is 502 g/mol. The number of benzene rings is 3. The fraction of sp³-hybridized carbons (Fsp3) is 0.355. The number of methoxy groups -OCH3 is 1. The summed E-state index contributed by atoms with van der Waals surface area (Å²) < 4.78 is 11.4. The SMILES string of the molecule is CCCCNC(=O)[C@@H](Cc1ccccc1)N(Cc1cccc(OC)c1)C(=O)COc1cc(C)ccc1C. The van der Waals surface area contributed by atoms with E-state index < -0.39 is 6.04 Å². The van der Waals surface area contributed by atoms with Crippen molar-refractivity contribution >= 4 is 11.8 Å². The molecule has 0 aromatic heterocycles. The standard InChI is InChI=1S/C31H38N2O4/c1-5-6-17-32-31(35)28(20-25-11-8-7-9-12-25)33(21-26-13-10-14-27(19-26)36-4)30(34)22-37-29-18-23(2)15-16-24(29)3/h7-16,18-19,28H,5-6,17,20-22H2,1-4H3,(H,32,35)/t28-/m1/s1. The highest BCUT2D eigenvalue weighted by Crippen LogP contribution is 2.21. The van der Waals surface area contributed by atoms with Gasteiger partial charge < -0.3 is 19.7 Å². The van der Waals surface area contributed by atoms with Crippen molar-refractivity contribution in [2.24, 2.45) is 0 Å². The van der Waals surface area contributed by atoms with Gasteiger partial charge in [0.05, 0.1) is 7.11 Å². The van der Waals surface area contributed by atoms with Crippen LogP contribution in [0.4, 0.5) is 0 Å². The Hall–Kier alpha value is -3.80. The van der Waals surface area contributed by atoms with Crippen LogP contribution in [0, 0.1) is 13.8 Å². The molecule has 0 aliphatic carbocycles. The number of hydrogen-bond donors (Lipinski definition) is 1. The number of rotatable bonds is 13. The van der Waals surface area contributed by atoms with Crippen molar-refractivity contribution in [3.8, 4) is 11.5 Å². The molecule has 1 N–H and O–H groups in total. The minimum absolute atomic E-state index is 0.165. The Morgan fingerprint density at radius 2 is 1.70 bits per heavy atom. The Labute approximate surface area is 220 Å². The molecular weight excluding hydrogens is 464 g/mol. The van der Waals surface area contributed by atoms with Crippen LogP contribution in [-0.2, 0) is 22.6 Å². The number of aryl methyl sites for hydroxylation is 2. The van der Waals surface area contributed by atoms with Crippen molar-refractivity contribution in [3.63, 3.8) is 0 Å². The van der Waals surface area contributed by atoms with Gasteiger partial charge in [0.1, 0.15) is 17.5 Å². The second kappa shape index (κ2) is 14.1. The van der Waals surface area contributed by atoms with Gasteiger partial charge in [-0.15, -0.1) is 0 Å². The summed E-state index contributed by atoms with van der Waals surface area (Å²) in [4.78, 5) is 28.8. The summed E-state index contributed by atoms with van der Waals surface area (Å²) in [6.07, 6.45) is 2.25. The molecule has 0 unspecified atom stereocenters. The van der Waals surface area contributed by atoms with E-state index in [1.54, 1.807) is 12.0 Å². The number of unbranched alkanes of at least 4 members (excludes halogenated alkanes) is 1. The summed E-state index contributed by atoms with van der Waals surface area (Å²) >= 11 is 0. The normalized spacial score (nSPS) is 11.5. The zero-order chi connectivity index (χ0) is 26.6. The van der Waals surface area contributed by atoms with Crippen LogP contribution >= 0.6 is 0 Å². The first kappa shape index (κ1) is 27.8. The van der Waals surface area contributed by atoms with Crippen molar-refractivity contribution < 1.29 is 19.1 Å². The van der Waals surface area contributed by atoms with Gasteiger partial charge in [0.2, 0.25) is 5.91 Å². The zero-order valence-electron chi connectivity index (χ0n) is 22.3. The smallest absolute Gasteiger partial charge is 0.261 e. The minimum Gasteiger partial charge on any atom is -0.497 e. The van der Waals surface area contributed by atoms with Gasteiger partial charge in [-0.3, -0.25) is 9.59 Å². The first-order valence-corrected chi connectivity index (χ1v) is 12.8. The van der Waals surface area contributed by atoms with Crippen molar-refractivity contribution in [2.75, 3.05) is 20.3 Å². The average Bonchev–Trinajstić information content (AvgIpc) is 2.91. The highest BCUT2D eigenvalue weighted by molar-refractivity contribution is 5.88. The molecule has 0 radical (unpaired) electrons. The average molecular weight is 503 g/mol. The van der Waals surface area contributed by atoms with E-state index in [0.717, 1.165) is 35.1 Å². The van der Waals surface area contributed by atoms with Crippen LogP contribution in [0.3, 0.4) is 0 Å². The van der Waals surface area contributed by atoms with E-state index in [1.807, 2.05) is 86.6 Å². The van der Waals surface area contributed by atoms with Crippen LogP contribution in [0.15, 0.2) is 72.8 Å². The molecule has 0 heterocycles. The Bertz CT molecular complexity index is 1160. The molecule has 0 spiro atoms. The molecule has 0 fully saturated rings. The lowest BCUT2D eigenvalue weighted by atomic mass is 10.0. The van der Waals surface area contributed by atoms with Gasteiger partial charge in [0.25, 0.3) is 5.91 Å². The maximum absolute atomic E-state index is 13.7. The first-order valence-electron chi connectivity index (χ1n) is 12.8. The van der Waals surface area contributed by atoms with E-state index in [-0.39, 0.29) is 25.0 Å². The molecule has 3 aromatic rings. The molecular formula is C31H38N2O4. The molecule has 2 amide bonds. The Kier molecular flexibility index (Phi) is 10.6. The molecule has 196 valence electrons. The van der Waals surface area contributed by atoms with Gasteiger partial charge in [-0.05, 0) is 60.7 Å². The highest BCUT2D eigenvalue weighted by Gasteiger charge is 2.30. The second-order valence-corrected chi connectivity index (χ2v) is 9.28. The van der Waals surface area contributed by atoms with Gasteiger partial charge in [-0.2, -0.15) is 0 Å². The maximum atomic E-state index is 13.7. The molecule has 6 nitrogen and oxygen atoms in total. The molecule has 3 rings (SSSR count). The Morgan fingerprint density at radius 3 is 2.43 bits per heavy atom. The van der Waals surface area contributed by atoms with Gasteiger partial charge in [-0.25, -0.2) is 0 Å². The van der Waals surface area contributed by atoms with Gasteiger partial charge in [-0.1, -0.05) is 67.9 Å². The number of nitrogens with one attached hydrogen (secondary N) is 1. The molecule has 37 heavy (non-hydrogen) atoms. The summed E-state index contributed by atoms with van der Waals surface area (Å²) in [6, 6.07) is 22.6. The number of carbonyl (C=O) groups is 2. The van der Waals surface area contributed by atoms with E-state index in [2.05, 4.69) is 12.2 Å². The predicted molar refractivity (Wildman–Crippen MR) is 147 cm³/mol. The highest BCUT2D eigenvalue weighted by atomic mass is 16.5. The van der Waals surface area contributed by atoms with Gasteiger partial charge in [0.15, 0.2) is 6.61 Å². The summed E-state index contributed by atoms with van der Waals surface area (Å²) in [5.74, 6) is 0.945. The first-order chi connectivity index (χ1) is 17.9. The summed E-state index contributed by atoms with van der Waals surface area (Å²) in [6.45, 7) is 6.68. The van der Waals surface area contributed by atoms with Crippen LogP contribution in [0.25, 0.3) is 0 Å². The third-order valence-corrected chi connectivity index (χ3v) is 6.28. The molecule has 0 aliphatic rings. The van der Waals surface area contributed by atoms with Crippen LogP contribution in [0.2, 0.25) is 0 Å². The minimum atomic E-state index is -0.694. The van der Waals surface area contributed by atoms with Crippen molar-refractivity contribution in [3.05, 3.63) is 95.1 Å². The Morgan fingerprint density at radius 1 is 0.946 bits per heavy atom. The maximum Gasteiger partial charge on any atom is 0.261 e. The quantitative estimate of drug-likeness (QED) is 0.324. The number of ether oxygens (including phenoxy) is 2. The largest absolute Gasteiger partial charge is 0.497 e. The van der Waals surface area contributed by atoms with Gasteiger partial charge >= 0.3 is 0 Å². The van der Waals surface area contributed by atoms with Gasteiger partial charge in [0, 0.05) is 19.5 Å². The fourth-order valence-corrected chi connectivity index (χ4v) is 4.11. The van der Waals surface area contributed by atoms with E-state index in [1.165, 1.54) is 0 Å². The van der Waals surface area contributed by atoms with Crippen LogP contribution in [0.5, 0.6) is 11.5 Å². The summed E-state index contributed by atoms with van der Waals surface area (Å²) in [7, 11) is 1.61. The van der Waals surface area contributed by atoms with Crippen LogP contribution in [-0.4, -0.2) is 43.0 Å². The summed E-state index contributed by atoms with van der Waals surface area (Å²) in [5.41, 5.74) is 3.87. The van der Waals surface area contributed by atoms with E-state index >= 15 is 0 Å². The Balaban J connectivity index is 1.92. The second-order valence-electron chi connectivity index (χ2n) is 9.28. The number of carbonyl (C=O) groups excluding carboxylic acids is 2. The molecule has 0 bridgehead atoms. The fourth-order valence-electron chi connectivity index (χ4n) is 4.11. The molecule has 1 atom stereocenters. The number of nitrogens with zero attached hydrogens (tertiary/aromatic N) is 1. The molecule has 0 aliphatic heterocycles. The van der Waals surface area contributed by atoms with Crippen molar-refractivity contribution in [1.29, 1.82) is 0 Å². The van der Waals surface area contributed by atoms with Crippen LogP contribution < -0.4 is 14.8 Å². The lowest BCUT2D eigenvalue weighted by molar-refractivity contribution is -0.142. The molecule has 3 aromatic carbocycles. The lowest BCUT2D eigenvalue weighted by Gasteiger charge is -2.31. The molecule has 6 heteroatoms. The zero-order valence-corrected chi connectivity index (χ0v) is 22.3. The van der Waals surface area contributed by atoms with Crippen molar-refractivity contribution in [1.82, 2.24) is 10.2 Å². The predicted octanol–water partition coefficient (Wildman–Crippen LogP) is 5.25. The van der Waals surface area contributed by atoms with E-state index in [0.29, 0.717) is 24.5 Å². The van der Waals surface area contributed by atoms with E-state index in [9.17, 15) is 9.59 Å².